The van der Waals surface area contributed by atoms with Crippen molar-refractivity contribution < 1.29 is 0 Å². The number of aromatic nitrogens is 4. The molecule has 226 valence electrons. The number of para-hydroxylation sites is 1. The van der Waals surface area contributed by atoms with Crippen LogP contribution in [0.3, 0.4) is 0 Å². The van der Waals surface area contributed by atoms with Gasteiger partial charge in [-0.1, -0.05) is 117 Å². The van der Waals surface area contributed by atoms with Crippen LogP contribution in [0.5, 0.6) is 0 Å². The van der Waals surface area contributed by atoms with Crippen molar-refractivity contribution >= 4 is 21.8 Å². The summed E-state index contributed by atoms with van der Waals surface area (Å²) < 4.78 is 2.28. The number of rotatable bonds is 4. The minimum absolute atomic E-state index is 0.130. The largest absolute Gasteiger partial charge is 0.309 e. The van der Waals surface area contributed by atoms with E-state index in [1.807, 2.05) is 72.8 Å². The molecular formula is C43H29N5. The second-order valence-electron chi connectivity index (χ2n) is 12.8. The molecule has 0 unspecified atom stereocenters. The van der Waals surface area contributed by atoms with Crippen LogP contribution >= 0.6 is 0 Å². The molecule has 0 bridgehead atoms. The van der Waals surface area contributed by atoms with E-state index in [0.717, 1.165) is 27.8 Å². The molecule has 48 heavy (non-hydrogen) atoms. The van der Waals surface area contributed by atoms with Gasteiger partial charge in [0.15, 0.2) is 17.5 Å². The predicted octanol–water partition coefficient (Wildman–Crippen LogP) is 10.1. The molecule has 0 saturated heterocycles. The Morgan fingerprint density at radius 3 is 1.85 bits per heavy atom. The summed E-state index contributed by atoms with van der Waals surface area (Å²) >= 11 is 0. The van der Waals surface area contributed by atoms with Crippen LogP contribution < -0.4 is 0 Å². The summed E-state index contributed by atoms with van der Waals surface area (Å²) in [5.41, 5.74) is 11.2. The van der Waals surface area contributed by atoms with Crippen LogP contribution in [-0.2, 0) is 5.41 Å². The van der Waals surface area contributed by atoms with Crippen LogP contribution in [0.25, 0.3) is 72.8 Å². The van der Waals surface area contributed by atoms with Gasteiger partial charge in [-0.15, -0.1) is 0 Å². The summed E-state index contributed by atoms with van der Waals surface area (Å²) in [4.78, 5) is 14.6. The molecule has 0 fully saturated rings. The fraction of sp³-hybridized carbons (Fsp3) is 0.0698. The van der Waals surface area contributed by atoms with Crippen molar-refractivity contribution in [3.63, 3.8) is 0 Å². The zero-order valence-electron chi connectivity index (χ0n) is 26.5. The molecule has 8 aromatic rings. The van der Waals surface area contributed by atoms with Gasteiger partial charge in [0.2, 0.25) is 0 Å². The first-order valence-corrected chi connectivity index (χ1v) is 16.1. The zero-order valence-corrected chi connectivity index (χ0v) is 26.5. The van der Waals surface area contributed by atoms with E-state index in [4.69, 9.17) is 15.0 Å². The van der Waals surface area contributed by atoms with Gasteiger partial charge >= 0.3 is 0 Å². The first-order chi connectivity index (χ1) is 23.5. The second-order valence-corrected chi connectivity index (χ2v) is 12.8. The van der Waals surface area contributed by atoms with Crippen molar-refractivity contribution in [2.24, 2.45) is 0 Å². The maximum Gasteiger partial charge on any atom is 0.165 e. The number of fused-ring (bicyclic) bond motifs is 6. The van der Waals surface area contributed by atoms with E-state index in [-0.39, 0.29) is 5.41 Å². The van der Waals surface area contributed by atoms with Crippen molar-refractivity contribution in [2.75, 3.05) is 0 Å². The molecule has 0 atom stereocenters. The van der Waals surface area contributed by atoms with Gasteiger partial charge in [-0.05, 0) is 58.7 Å². The molecule has 2 aromatic heterocycles. The molecule has 1 aliphatic rings. The highest BCUT2D eigenvalue weighted by Crippen LogP contribution is 2.51. The summed E-state index contributed by atoms with van der Waals surface area (Å²) in [5, 5.41) is 12.9. The molecule has 0 saturated carbocycles. The molecule has 0 spiro atoms. The van der Waals surface area contributed by atoms with Crippen molar-refractivity contribution in [1.29, 1.82) is 5.26 Å². The molecule has 0 N–H and O–H groups in total. The van der Waals surface area contributed by atoms with Crippen LogP contribution in [0.2, 0.25) is 0 Å². The first-order valence-electron chi connectivity index (χ1n) is 16.1. The second kappa shape index (κ2) is 10.6. The lowest BCUT2D eigenvalue weighted by Gasteiger charge is -2.21. The Kier molecular flexibility index (Phi) is 6.15. The van der Waals surface area contributed by atoms with Crippen molar-refractivity contribution in [2.45, 2.75) is 19.3 Å². The maximum absolute atomic E-state index is 10.6. The van der Waals surface area contributed by atoms with E-state index in [1.165, 1.54) is 33.0 Å². The van der Waals surface area contributed by atoms with Crippen LogP contribution in [-0.4, -0.2) is 19.5 Å². The number of benzene rings is 6. The van der Waals surface area contributed by atoms with Gasteiger partial charge in [-0.3, -0.25) is 0 Å². The highest BCUT2D eigenvalue weighted by atomic mass is 15.0. The third-order valence-corrected chi connectivity index (χ3v) is 9.70. The molecule has 5 nitrogen and oxygen atoms in total. The maximum atomic E-state index is 10.6. The SMILES string of the molecule is CC1(C)c2ccccc2-c2cc3c4ccccc4n(-c4ccc(-c5nc(-c6ccccc6)nc(-c6ccccc6)n5)c(C#N)c4)c3cc21. The van der Waals surface area contributed by atoms with Crippen LogP contribution in [0.15, 0.2) is 140 Å². The van der Waals surface area contributed by atoms with Gasteiger partial charge in [-0.2, -0.15) is 5.26 Å². The zero-order chi connectivity index (χ0) is 32.4. The van der Waals surface area contributed by atoms with Crippen molar-refractivity contribution in [3.05, 3.63) is 156 Å². The van der Waals surface area contributed by atoms with Gasteiger partial charge in [0.05, 0.1) is 22.7 Å². The third kappa shape index (κ3) is 4.20. The lowest BCUT2D eigenvalue weighted by molar-refractivity contribution is 0.661. The van der Waals surface area contributed by atoms with E-state index in [2.05, 4.69) is 91.2 Å². The van der Waals surface area contributed by atoms with E-state index in [1.54, 1.807) is 0 Å². The average Bonchev–Trinajstić information content (AvgIpc) is 3.59. The fourth-order valence-electron chi connectivity index (χ4n) is 7.33. The minimum atomic E-state index is -0.130. The number of hydrogen-bond acceptors (Lipinski definition) is 4. The molecule has 0 radical (unpaired) electrons. The molecule has 1 aliphatic carbocycles. The van der Waals surface area contributed by atoms with Gasteiger partial charge in [-0.25, -0.2) is 15.0 Å². The summed E-state index contributed by atoms with van der Waals surface area (Å²) in [6.07, 6.45) is 0. The standard InChI is InChI=1S/C43H29N5/c1-43(2)36-19-11-9-17-32(36)34-24-35-33-18-10-12-20-38(33)48(39(35)25-37(34)43)30-21-22-31(29(23-30)26-44)42-46-40(27-13-5-3-6-14-27)45-41(47-42)28-15-7-4-8-16-28/h3-25H,1-2H3. The Bertz CT molecular complexity index is 2530. The Hall–Kier alpha value is -6.38. The summed E-state index contributed by atoms with van der Waals surface area (Å²) in [6, 6.07) is 50.2. The lowest BCUT2D eigenvalue weighted by Crippen LogP contribution is -2.15. The Morgan fingerprint density at radius 1 is 0.521 bits per heavy atom. The van der Waals surface area contributed by atoms with Gasteiger partial charge in [0.25, 0.3) is 0 Å². The smallest absolute Gasteiger partial charge is 0.165 e. The molecule has 6 aromatic carbocycles. The summed E-state index contributed by atoms with van der Waals surface area (Å²) in [5.74, 6) is 1.59. The first kappa shape index (κ1) is 27.9. The molecule has 0 amide bonds. The quantitative estimate of drug-likeness (QED) is 0.198. The molecular weight excluding hydrogens is 587 g/mol. The Labute approximate surface area is 278 Å². The predicted molar refractivity (Wildman–Crippen MR) is 193 cm³/mol. The molecule has 0 aliphatic heterocycles. The van der Waals surface area contributed by atoms with E-state index < -0.39 is 0 Å². The van der Waals surface area contributed by atoms with E-state index >= 15 is 0 Å². The molecule has 5 heteroatoms. The topological polar surface area (TPSA) is 67.4 Å². The monoisotopic (exact) mass is 615 g/mol. The van der Waals surface area contributed by atoms with Gasteiger partial charge in [0.1, 0.15) is 0 Å². The van der Waals surface area contributed by atoms with E-state index in [0.29, 0.717) is 28.6 Å². The summed E-state index contributed by atoms with van der Waals surface area (Å²) in [6.45, 7) is 4.61. The number of nitrogens with zero attached hydrogens (tertiary/aromatic N) is 5. The number of nitriles is 1. The summed E-state index contributed by atoms with van der Waals surface area (Å²) in [7, 11) is 0. The minimum Gasteiger partial charge on any atom is -0.309 e. The Balaban J connectivity index is 1.25. The molecule has 2 heterocycles. The van der Waals surface area contributed by atoms with Gasteiger partial charge in [0, 0.05) is 38.6 Å². The van der Waals surface area contributed by atoms with Crippen molar-refractivity contribution in [1.82, 2.24) is 19.5 Å². The van der Waals surface area contributed by atoms with Crippen LogP contribution in [0.1, 0.15) is 30.5 Å². The lowest BCUT2D eigenvalue weighted by atomic mass is 9.82. The Morgan fingerprint density at radius 2 is 1.15 bits per heavy atom. The molecule has 9 rings (SSSR count). The van der Waals surface area contributed by atoms with Gasteiger partial charge < -0.3 is 4.57 Å². The third-order valence-electron chi connectivity index (χ3n) is 9.70. The van der Waals surface area contributed by atoms with Crippen molar-refractivity contribution in [3.8, 4) is 57.0 Å². The van der Waals surface area contributed by atoms with Crippen LogP contribution in [0.4, 0.5) is 0 Å². The highest BCUT2D eigenvalue weighted by molar-refractivity contribution is 6.11. The highest BCUT2D eigenvalue weighted by Gasteiger charge is 2.36. The van der Waals surface area contributed by atoms with Crippen LogP contribution in [0, 0.1) is 11.3 Å². The average molecular weight is 616 g/mol. The van der Waals surface area contributed by atoms with E-state index in [9.17, 15) is 5.26 Å². The fourth-order valence-corrected chi connectivity index (χ4v) is 7.33. The normalized spacial score (nSPS) is 12.9. The number of hydrogen-bond donors (Lipinski definition) is 0.